The lowest BCUT2D eigenvalue weighted by molar-refractivity contribution is 0.0303. The topological polar surface area (TPSA) is 66.0 Å². The molecule has 82 valence electrons. The van der Waals surface area contributed by atoms with E-state index in [0.29, 0.717) is 18.2 Å². The standard InChI is InChI=1S/C10H16N4O/c11-10-12-6-14(13-10)5-8-4-7-2-1-3-9(7)15-8/h6-9H,1-5H2,(H2,11,13). The number of nitrogen functional groups attached to an aromatic ring is 1. The number of hydrogen-bond donors (Lipinski definition) is 1. The Bertz CT molecular complexity index is 339. The van der Waals surface area contributed by atoms with Gasteiger partial charge in [0.15, 0.2) is 0 Å². The Hall–Kier alpha value is -1.10. The molecule has 2 aliphatic rings. The highest BCUT2D eigenvalue weighted by Gasteiger charge is 2.38. The molecule has 1 aliphatic heterocycles. The molecule has 15 heavy (non-hydrogen) atoms. The third-order valence-electron chi connectivity index (χ3n) is 3.47. The van der Waals surface area contributed by atoms with Crippen LogP contribution in [0, 0.1) is 5.92 Å². The average molecular weight is 208 g/mol. The first-order valence-electron chi connectivity index (χ1n) is 5.61. The third kappa shape index (κ3) is 1.71. The van der Waals surface area contributed by atoms with Gasteiger partial charge in [0.2, 0.25) is 5.95 Å². The van der Waals surface area contributed by atoms with E-state index in [1.807, 2.05) is 0 Å². The fraction of sp³-hybridized carbons (Fsp3) is 0.800. The molecule has 0 bridgehead atoms. The van der Waals surface area contributed by atoms with Crippen LogP contribution in [0.15, 0.2) is 6.33 Å². The van der Waals surface area contributed by atoms with Gasteiger partial charge in [0.05, 0.1) is 18.8 Å². The van der Waals surface area contributed by atoms with E-state index in [1.165, 1.54) is 25.7 Å². The molecule has 2 N–H and O–H groups in total. The molecule has 2 heterocycles. The Balaban J connectivity index is 1.61. The largest absolute Gasteiger partial charge is 0.373 e. The van der Waals surface area contributed by atoms with Crippen molar-refractivity contribution in [2.45, 2.75) is 44.4 Å². The van der Waals surface area contributed by atoms with Crippen LogP contribution in [0.25, 0.3) is 0 Å². The van der Waals surface area contributed by atoms with Gasteiger partial charge < -0.3 is 10.5 Å². The van der Waals surface area contributed by atoms with E-state index >= 15 is 0 Å². The van der Waals surface area contributed by atoms with E-state index < -0.39 is 0 Å². The van der Waals surface area contributed by atoms with E-state index in [1.54, 1.807) is 11.0 Å². The van der Waals surface area contributed by atoms with Crippen molar-refractivity contribution >= 4 is 5.95 Å². The minimum absolute atomic E-state index is 0.307. The number of ether oxygens (including phenoxy) is 1. The first kappa shape index (κ1) is 9.15. The first-order chi connectivity index (χ1) is 7.31. The van der Waals surface area contributed by atoms with Crippen molar-refractivity contribution < 1.29 is 4.74 Å². The Morgan fingerprint density at radius 1 is 1.53 bits per heavy atom. The minimum atomic E-state index is 0.307. The van der Waals surface area contributed by atoms with Gasteiger partial charge in [-0.15, -0.1) is 5.10 Å². The van der Waals surface area contributed by atoms with E-state index in [4.69, 9.17) is 10.5 Å². The van der Waals surface area contributed by atoms with Crippen LogP contribution in [-0.4, -0.2) is 27.0 Å². The predicted octanol–water partition coefficient (Wildman–Crippen LogP) is 0.818. The number of fused-ring (bicyclic) bond motifs is 1. The second-order valence-corrected chi connectivity index (χ2v) is 4.55. The number of rotatable bonds is 2. The summed E-state index contributed by atoms with van der Waals surface area (Å²) in [5.41, 5.74) is 5.46. The summed E-state index contributed by atoms with van der Waals surface area (Å²) in [6.45, 7) is 0.789. The number of nitrogens with zero attached hydrogens (tertiary/aromatic N) is 3. The summed E-state index contributed by atoms with van der Waals surface area (Å²) in [6.07, 6.45) is 7.56. The van der Waals surface area contributed by atoms with Gasteiger partial charge in [-0.2, -0.15) is 0 Å². The maximum Gasteiger partial charge on any atom is 0.239 e. The van der Waals surface area contributed by atoms with Crippen molar-refractivity contribution in [1.82, 2.24) is 14.8 Å². The molecule has 5 nitrogen and oxygen atoms in total. The molecular weight excluding hydrogens is 192 g/mol. The summed E-state index contributed by atoms with van der Waals surface area (Å²) < 4.78 is 7.75. The average Bonchev–Trinajstić information content (AvgIpc) is 2.81. The van der Waals surface area contributed by atoms with Crippen LogP contribution in [0.1, 0.15) is 25.7 Å². The summed E-state index contributed by atoms with van der Waals surface area (Å²) in [6, 6.07) is 0. The van der Waals surface area contributed by atoms with Crippen LogP contribution >= 0.6 is 0 Å². The van der Waals surface area contributed by atoms with Gasteiger partial charge in [0.25, 0.3) is 0 Å². The molecule has 0 amide bonds. The Morgan fingerprint density at radius 3 is 3.20 bits per heavy atom. The molecule has 3 unspecified atom stereocenters. The van der Waals surface area contributed by atoms with E-state index in [9.17, 15) is 0 Å². The zero-order valence-corrected chi connectivity index (χ0v) is 8.67. The molecule has 3 atom stereocenters. The van der Waals surface area contributed by atoms with Crippen molar-refractivity contribution in [3.63, 3.8) is 0 Å². The zero-order valence-electron chi connectivity index (χ0n) is 8.67. The van der Waals surface area contributed by atoms with Crippen molar-refractivity contribution in [2.75, 3.05) is 5.73 Å². The fourth-order valence-electron chi connectivity index (χ4n) is 2.82. The van der Waals surface area contributed by atoms with Crippen molar-refractivity contribution in [1.29, 1.82) is 0 Å². The van der Waals surface area contributed by atoms with Crippen LogP contribution in [0.4, 0.5) is 5.95 Å². The van der Waals surface area contributed by atoms with Gasteiger partial charge in [-0.1, -0.05) is 6.42 Å². The van der Waals surface area contributed by atoms with Crippen LogP contribution in [-0.2, 0) is 11.3 Å². The Labute approximate surface area is 88.6 Å². The van der Waals surface area contributed by atoms with Gasteiger partial charge in [-0.25, -0.2) is 9.67 Å². The predicted molar refractivity (Wildman–Crippen MR) is 55.1 cm³/mol. The number of nitrogens with two attached hydrogens (primary N) is 1. The normalized spacial score (nSPS) is 34.5. The smallest absolute Gasteiger partial charge is 0.239 e. The van der Waals surface area contributed by atoms with Gasteiger partial charge in [0.1, 0.15) is 6.33 Å². The molecular formula is C10H16N4O. The van der Waals surface area contributed by atoms with Crippen molar-refractivity contribution in [3.8, 4) is 0 Å². The SMILES string of the molecule is Nc1ncn(CC2CC3CCCC3O2)n1. The highest BCUT2D eigenvalue weighted by Crippen LogP contribution is 2.39. The minimum Gasteiger partial charge on any atom is -0.373 e. The third-order valence-corrected chi connectivity index (χ3v) is 3.47. The molecule has 1 saturated heterocycles. The van der Waals surface area contributed by atoms with Crippen molar-refractivity contribution in [2.24, 2.45) is 5.92 Å². The summed E-state index contributed by atoms with van der Waals surface area (Å²) in [4.78, 5) is 3.90. The molecule has 3 rings (SSSR count). The quantitative estimate of drug-likeness (QED) is 0.781. The van der Waals surface area contributed by atoms with Crippen LogP contribution < -0.4 is 5.73 Å². The lowest BCUT2D eigenvalue weighted by atomic mass is 10.0. The number of aromatic nitrogens is 3. The molecule has 0 aromatic carbocycles. The number of anilines is 1. The highest BCUT2D eigenvalue weighted by molar-refractivity contribution is 5.09. The first-order valence-corrected chi connectivity index (χ1v) is 5.61. The fourth-order valence-corrected chi connectivity index (χ4v) is 2.82. The Morgan fingerprint density at radius 2 is 2.47 bits per heavy atom. The molecule has 2 fully saturated rings. The monoisotopic (exact) mass is 208 g/mol. The van der Waals surface area contributed by atoms with Gasteiger partial charge in [0, 0.05) is 0 Å². The van der Waals surface area contributed by atoms with Gasteiger partial charge >= 0.3 is 0 Å². The Kier molecular flexibility index (Phi) is 2.12. The molecule has 1 aromatic rings. The second-order valence-electron chi connectivity index (χ2n) is 4.55. The summed E-state index contributed by atoms with van der Waals surface area (Å²) in [7, 11) is 0. The lowest BCUT2D eigenvalue weighted by Gasteiger charge is -2.11. The van der Waals surface area contributed by atoms with Crippen LogP contribution in [0.3, 0.4) is 0 Å². The van der Waals surface area contributed by atoms with Crippen LogP contribution in [0.5, 0.6) is 0 Å². The molecule has 1 saturated carbocycles. The number of hydrogen-bond acceptors (Lipinski definition) is 4. The van der Waals surface area contributed by atoms with Crippen molar-refractivity contribution in [3.05, 3.63) is 6.33 Å². The maximum absolute atomic E-state index is 5.97. The molecule has 5 heteroatoms. The van der Waals surface area contributed by atoms with Gasteiger partial charge in [-0.05, 0) is 25.2 Å². The van der Waals surface area contributed by atoms with E-state index in [2.05, 4.69) is 10.1 Å². The van der Waals surface area contributed by atoms with E-state index in [0.717, 1.165) is 12.5 Å². The summed E-state index contributed by atoms with van der Waals surface area (Å²) in [5, 5.41) is 4.07. The molecule has 1 aromatic heterocycles. The van der Waals surface area contributed by atoms with Gasteiger partial charge in [-0.3, -0.25) is 0 Å². The maximum atomic E-state index is 5.97. The zero-order chi connectivity index (χ0) is 10.3. The molecule has 0 radical (unpaired) electrons. The lowest BCUT2D eigenvalue weighted by Crippen LogP contribution is -2.17. The second kappa shape index (κ2) is 3.48. The summed E-state index contributed by atoms with van der Waals surface area (Å²) >= 11 is 0. The van der Waals surface area contributed by atoms with Crippen LogP contribution in [0.2, 0.25) is 0 Å². The highest BCUT2D eigenvalue weighted by atomic mass is 16.5. The van der Waals surface area contributed by atoms with E-state index in [-0.39, 0.29) is 0 Å². The summed E-state index contributed by atoms with van der Waals surface area (Å²) in [5.74, 6) is 1.13. The molecule has 0 spiro atoms. The molecule has 1 aliphatic carbocycles.